The molecule has 4 bridgehead atoms. The number of aromatic nitrogens is 5. The Bertz CT molecular complexity index is 2810. The second-order valence-corrected chi connectivity index (χ2v) is 18.2. The quantitative estimate of drug-likeness (QED) is 0.142. The lowest BCUT2D eigenvalue weighted by atomic mass is 9.92. The number of nitrogens with zero attached hydrogens (tertiary/aromatic N) is 7. The van der Waals surface area contributed by atoms with Gasteiger partial charge in [-0.05, 0) is 98.7 Å². The number of hydrogen-bond acceptors (Lipinski definition) is 14. The zero-order valence-corrected chi connectivity index (χ0v) is 40.2. The van der Waals surface area contributed by atoms with E-state index in [4.69, 9.17) is 47.9 Å². The van der Waals surface area contributed by atoms with E-state index in [0.29, 0.717) is 72.7 Å². The Hall–Kier alpha value is -5.82. The molecule has 1 unspecified atom stereocenters. The first-order valence-electron chi connectivity index (χ1n) is 21.9. The van der Waals surface area contributed by atoms with Crippen molar-refractivity contribution in [3.8, 4) is 56.1 Å². The monoisotopic (exact) mass is 987 g/mol. The summed E-state index contributed by atoms with van der Waals surface area (Å²) < 4.78 is 64.8. The molecule has 10 rings (SSSR count). The lowest BCUT2D eigenvalue weighted by molar-refractivity contribution is 0.121. The molecule has 7 aromatic rings. The van der Waals surface area contributed by atoms with E-state index in [1.54, 1.807) is 48.8 Å². The number of benzene rings is 3. The maximum atomic E-state index is 14.1. The van der Waals surface area contributed by atoms with Crippen molar-refractivity contribution >= 4 is 50.6 Å². The maximum Gasteiger partial charge on any atom is 0.255 e. The van der Waals surface area contributed by atoms with Crippen LogP contribution in [0.25, 0.3) is 43.2 Å². The van der Waals surface area contributed by atoms with Crippen molar-refractivity contribution in [2.24, 2.45) is 5.73 Å². The highest BCUT2D eigenvalue weighted by molar-refractivity contribution is 7.22. The van der Waals surface area contributed by atoms with Gasteiger partial charge < -0.3 is 39.8 Å². The highest BCUT2D eigenvalue weighted by Crippen LogP contribution is 2.52. The summed E-state index contributed by atoms with van der Waals surface area (Å²) in [7, 11) is 4.35. The molecule has 0 spiro atoms. The van der Waals surface area contributed by atoms with Crippen molar-refractivity contribution in [3.05, 3.63) is 118 Å². The van der Waals surface area contributed by atoms with Gasteiger partial charge in [0.05, 0.1) is 33.8 Å². The van der Waals surface area contributed by atoms with E-state index in [-0.39, 0.29) is 38.8 Å². The second kappa shape index (κ2) is 22.1. The highest BCUT2D eigenvalue weighted by atomic mass is 35.5. The summed E-state index contributed by atoms with van der Waals surface area (Å²) in [5, 5.41) is 4.18. The van der Waals surface area contributed by atoms with Gasteiger partial charge in [-0.2, -0.15) is 0 Å². The molecule has 3 aliphatic heterocycles. The average Bonchev–Trinajstić information content (AvgIpc) is 3.73. The predicted molar refractivity (Wildman–Crippen MR) is 261 cm³/mol. The zero-order chi connectivity index (χ0) is 47.9. The third-order valence-electron chi connectivity index (χ3n) is 11.5. The smallest absolute Gasteiger partial charge is 0.255 e. The Kier molecular flexibility index (Phi) is 15.8. The summed E-state index contributed by atoms with van der Waals surface area (Å²) >= 11 is 15.5. The second-order valence-electron chi connectivity index (χ2n) is 16.4. The van der Waals surface area contributed by atoms with Crippen LogP contribution in [0.1, 0.15) is 22.4 Å². The van der Waals surface area contributed by atoms with Gasteiger partial charge in [-0.1, -0.05) is 35.3 Å². The number of alkyl halides is 2. The van der Waals surface area contributed by atoms with E-state index in [1.165, 1.54) is 56.0 Å². The third kappa shape index (κ3) is 11.4. The number of anilines is 1. The van der Waals surface area contributed by atoms with E-state index in [9.17, 15) is 13.2 Å². The average molecular weight is 989 g/mol. The Labute approximate surface area is 406 Å². The molecule has 0 radical (unpaired) electrons. The third-order valence-corrected chi connectivity index (χ3v) is 13.6. The van der Waals surface area contributed by atoms with E-state index in [2.05, 4.69) is 54.1 Å². The van der Waals surface area contributed by atoms with E-state index in [0.717, 1.165) is 38.3 Å². The first kappa shape index (κ1) is 48.6. The highest BCUT2D eigenvalue weighted by Gasteiger charge is 2.28. The standard InChI is InChI=1S/C43H36Cl2F3N7O4S.C6H14N2/c1-22-33-23(2)37(45)38(36(22)44)57-16-15-56-29-8-9-31(59-20-28-11-13-50-41(55-28)26-5-10-32(51-18-26)52-19-30(49)40(47)48)25(17-29)12-14-58-42-35-34(33)39(60-43(35)54-21-53-42)24-3-6-27(46)7-4-24;1-7-3-5-8(2)6-4-7/h3-11,13,17-18,21,30,40H,12,14-16,19-20,49H2,1-2H3,(H,51,52);3-6H2,1-2H3. The normalized spacial score (nSPS) is 14.9. The molecule has 3 aliphatic rings. The molecule has 0 aliphatic carbocycles. The molecule has 19 heteroatoms. The molecule has 3 N–H and O–H groups in total. The van der Waals surface area contributed by atoms with Gasteiger partial charge in [0.25, 0.3) is 6.43 Å². The van der Waals surface area contributed by atoms with E-state index >= 15 is 0 Å². The Balaban J connectivity index is 0.000000709. The molecule has 68 heavy (non-hydrogen) atoms. The van der Waals surface area contributed by atoms with Crippen LogP contribution in [0.2, 0.25) is 10.0 Å². The molecule has 356 valence electrons. The molecular formula is C49H50Cl2F3N9O4S. The first-order valence-corrected chi connectivity index (χ1v) is 23.5. The minimum Gasteiger partial charge on any atom is -0.490 e. The fourth-order valence-corrected chi connectivity index (χ4v) is 9.34. The minimum absolute atomic E-state index is 0.115. The van der Waals surface area contributed by atoms with Gasteiger partial charge in [-0.25, -0.2) is 38.1 Å². The van der Waals surface area contributed by atoms with E-state index < -0.39 is 12.5 Å². The van der Waals surface area contributed by atoms with Crippen LogP contribution >= 0.6 is 34.5 Å². The van der Waals surface area contributed by atoms with Crippen LogP contribution in [0.4, 0.5) is 19.0 Å². The number of fused-ring (bicyclic) bond motifs is 7. The van der Waals surface area contributed by atoms with Crippen molar-refractivity contribution in [2.75, 3.05) is 72.0 Å². The fraction of sp³-hybridized carbons (Fsp3) is 0.327. The molecular weight excluding hydrogens is 939 g/mol. The Morgan fingerprint density at radius 1 is 0.824 bits per heavy atom. The number of piperazine rings is 1. The zero-order valence-electron chi connectivity index (χ0n) is 37.9. The summed E-state index contributed by atoms with van der Waals surface area (Å²) in [4.78, 5) is 28.8. The minimum atomic E-state index is -2.64. The van der Waals surface area contributed by atoms with Gasteiger partial charge in [0, 0.05) is 73.1 Å². The van der Waals surface area contributed by atoms with Gasteiger partial charge in [-0.3, -0.25) is 0 Å². The molecule has 0 amide bonds. The van der Waals surface area contributed by atoms with Crippen LogP contribution in [0, 0.1) is 19.7 Å². The molecule has 0 saturated carbocycles. The van der Waals surface area contributed by atoms with Crippen molar-refractivity contribution in [1.82, 2.24) is 34.7 Å². The number of thiophene rings is 1. The molecule has 1 saturated heterocycles. The molecule has 3 aromatic carbocycles. The van der Waals surface area contributed by atoms with Crippen LogP contribution < -0.4 is 30.0 Å². The summed E-state index contributed by atoms with van der Waals surface area (Å²) in [5.41, 5.74) is 11.3. The Morgan fingerprint density at radius 3 is 2.22 bits per heavy atom. The molecule has 1 atom stereocenters. The first-order chi connectivity index (χ1) is 32.8. The van der Waals surface area contributed by atoms with Crippen LogP contribution in [0.5, 0.6) is 23.1 Å². The van der Waals surface area contributed by atoms with Gasteiger partial charge in [0.1, 0.15) is 54.1 Å². The lowest BCUT2D eigenvalue weighted by Crippen LogP contribution is -2.42. The van der Waals surface area contributed by atoms with Gasteiger partial charge in [0.15, 0.2) is 11.6 Å². The maximum absolute atomic E-state index is 14.1. The molecule has 7 heterocycles. The van der Waals surface area contributed by atoms with Crippen LogP contribution in [0.3, 0.4) is 0 Å². The van der Waals surface area contributed by atoms with Gasteiger partial charge in [-0.15, -0.1) is 11.3 Å². The summed E-state index contributed by atoms with van der Waals surface area (Å²) in [6.45, 7) is 9.30. The number of likely N-dealkylation sites (N-methyl/N-ethyl adjacent to an activating group) is 2. The number of nitrogens with one attached hydrogen (secondary N) is 1. The number of rotatable bonds is 9. The van der Waals surface area contributed by atoms with Crippen LogP contribution in [-0.2, 0) is 13.0 Å². The largest absolute Gasteiger partial charge is 0.490 e. The van der Waals surface area contributed by atoms with Gasteiger partial charge in [0.2, 0.25) is 5.88 Å². The summed E-state index contributed by atoms with van der Waals surface area (Å²) in [6.07, 6.45) is 2.40. The van der Waals surface area contributed by atoms with Gasteiger partial charge >= 0.3 is 0 Å². The van der Waals surface area contributed by atoms with Crippen LogP contribution in [0.15, 0.2) is 79.4 Å². The molecule has 13 nitrogen and oxygen atoms in total. The molecule has 1 fully saturated rings. The SMILES string of the molecule is CN1CCN(C)CC1.Cc1c(Cl)c2c(Cl)c(C)c1-c1c(-c3ccc(F)cc3)sc3ncnc(c13)OCCc1cc(ccc1OCc1ccnc(-c3ccc(NCC(N)C(F)F)nc3)n1)OCCO2. The lowest BCUT2D eigenvalue weighted by Gasteiger charge is -2.28. The fourth-order valence-electron chi connectivity index (χ4n) is 7.66. The number of halogens is 5. The number of ether oxygens (including phenoxy) is 4. The van der Waals surface area contributed by atoms with Crippen molar-refractivity contribution in [2.45, 2.75) is 39.3 Å². The predicted octanol–water partition coefficient (Wildman–Crippen LogP) is 9.78. The summed E-state index contributed by atoms with van der Waals surface area (Å²) in [6, 6.07) is 15.6. The van der Waals surface area contributed by atoms with E-state index in [1.807, 2.05) is 26.0 Å². The van der Waals surface area contributed by atoms with Crippen LogP contribution in [-0.4, -0.2) is 114 Å². The number of nitrogens with two attached hydrogens (primary N) is 1. The topological polar surface area (TPSA) is 146 Å². The summed E-state index contributed by atoms with van der Waals surface area (Å²) in [5.74, 6) is 2.34. The van der Waals surface area contributed by atoms with Crippen molar-refractivity contribution < 1.29 is 32.1 Å². The van der Waals surface area contributed by atoms with Crippen molar-refractivity contribution in [1.29, 1.82) is 0 Å². The van der Waals surface area contributed by atoms with Crippen molar-refractivity contribution in [3.63, 3.8) is 0 Å². The Morgan fingerprint density at radius 2 is 1.53 bits per heavy atom. The number of hydrogen-bond donors (Lipinski definition) is 2. The molecule has 4 aromatic heterocycles. The number of pyridine rings is 1.